The molecule has 6 nitrogen and oxygen atoms in total. The van der Waals surface area contributed by atoms with Gasteiger partial charge in [-0.15, -0.1) is 0 Å². The van der Waals surface area contributed by atoms with Crippen LogP contribution in [-0.4, -0.2) is 47.4 Å². The maximum absolute atomic E-state index is 12.6. The highest BCUT2D eigenvalue weighted by atomic mass is 16.5. The number of amides is 1. The molecule has 0 aromatic carbocycles. The molecule has 0 spiro atoms. The van der Waals surface area contributed by atoms with Gasteiger partial charge in [0.05, 0.1) is 25.4 Å². The molecule has 0 rings (SSSR count). The number of esters is 1. The second-order valence-corrected chi connectivity index (χ2v) is 27.0. The van der Waals surface area contributed by atoms with Crippen LogP contribution in [0.1, 0.15) is 450 Å². The molecule has 0 bridgehead atoms. The van der Waals surface area contributed by atoms with Crippen LogP contribution in [0.2, 0.25) is 0 Å². The predicted octanol–water partition coefficient (Wildman–Crippen LogP) is 25.5. The number of carbonyl (C=O) groups is 2. The van der Waals surface area contributed by atoms with Gasteiger partial charge in [-0.05, 0) is 51.4 Å². The number of rotatable bonds is 74. The molecule has 500 valence electrons. The minimum Gasteiger partial charge on any atom is -0.466 e. The number of nitrogens with one attached hydrogen (secondary N) is 1. The van der Waals surface area contributed by atoms with Crippen molar-refractivity contribution >= 4 is 11.9 Å². The molecule has 0 saturated carbocycles. The van der Waals surface area contributed by atoms with E-state index in [1.165, 1.54) is 379 Å². The van der Waals surface area contributed by atoms with Gasteiger partial charge in [0.1, 0.15) is 0 Å². The Morgan fingerprint density at radius 1 is 0.321 bits per heavy atom. The summed E-state index contributed by atoms with van der Waals surface area (Å²) in [6.07, 6.45) is 93.0. The van der Waals surface area contributed by atoms with E-state index < -0.39 is 12.1 Å². The van der Waals surface area contributed by atoms with Crippen LogP contribution < -0.4 is 5.32 Å². The summed E-state index contributed by atoms with van der Waals surface area (Å²) >= 11 is 0. The molecular formula is C78H153NO5. The van der Waals surface area contributed by atoms with Gasteiger partial charge in [0.2, 0.25) is 5.91 Å². The highest BCUT2D eigenvalue weighted by Gasteiger charge is 2.20. The largest absolute Gasteiger partial charge is 0.466 e. The standard InChI is InChI=1S/C78H153NO5/c1-3-5-7-9-11-13-15-17-18-19-37-40-43-47-50-54-58-62-66-70-76(81)75(74-80)79-77(82)71-67-63-59-55-51-48-44-41-38-35-33-31-29-27-25-23-21-20-22-24-26-28-30-32-34-36-39-42-45-49-53-57-61-65-69-73-84-78(83)72-68-64-60-56-52-46-16-14-12-10-8-6-4-2/h22,24,75-76,80-81H,3-21,23,25-74H2,1-2H3,(H,79,82)/b24-22-. The summed E-state index contributed by atoms with van der Waals surface area (Å²) in [5, 5.41) is 23.4. The third-order valence-corrected chi connectivity index (χ3v) is 18.6. The lowest BCUT2D eigenvalue weighted by molar-refractivity contribution is -0.143. The van der Waals surface area contributed by atoms with Gasteiger partial charge in [-0.1, -0.05) is 398 Å². The van der Waals surface area contributed by atoms with Gasteiger partial charge in [-0.25, -0.2) is 0 Å². The van der Waals surface area contributed by atoms with Gasteiger partial charge in [0.25, 0.3) is 0 Å². The lowest BCUT2D eigenvalue weighted by Gasteiger charge is -2.22. The zero-order valence-electron chi connectivity index (χ0n) is 57.4. The molecule has 1 amide bonds. The molecule has 0 fully saturated rings. The highest BCUT2D eigenvalue weighted by Crippen LogP contribution is 2.20. The van der Waals surface area contributed by atoms with E-state index in [4.69, 9.17) is 4.74 Å². The van der Waals surface area contributed by atoms with Crippen molar-refractivity contribution in [2.24, 2.45) is 0 Å². The van der Waals surface area contributed by atoms with E-state index in [0.717, 1.165) is 38.5 Å². The van der Waals surface area contributed by atoms with Gasteiger partial charge in [0.15, 0.2) is 0 Å². The Hall–Kier alpha value is -1.40. The van der Waals surface area contributed by atoms with E-state index in [1.54, 1.807) is 0 Å². The second-order valence-electron chi connectivity index (χ2n) is 27.0. The maximum Gasteiger partial charge on any atom is 0.305 e. The Morgan fingerprint density at radius 3 is 0.845 bits per heavy atom. The summed E-state index contributed by atoms with van der Waals surface area (Å²) in [6, 6.07) is -0.539. The van der Waals surface area contributed by atoms with Crippen molar-refractivity contribution in [2.75, 3.05) is 13.2 Å². The Morgan fingerprint density at radius 2 is 0.560 bits per heavy atom. The van der Waals surface area contributed by atoms with Crippen LogP contribution in [0.3, 0.4) is 0 Å². The number of hydrogen-bond donors (Lipinski definition) is 3. The van der Waals surface area contributed by atoms with Gasteiger partial charge in [0, 0.05) is 12.8 Å². The minimum atomic E-state index is -0.662. The first-order chi connectivity index (χ1) is 41.5. The number of aliphatic hydroxyl groups excluding tert-OH is 2. The van der Waals surface area contributed by atoms with Crippen molar-refractivity contribution in [3.8, 4) is 0 Å². The number of ether oxygens (including phenoxy) is 1. The van der Waals surface area contributed by atoms with Gasteiger partial charge < -0.3 is 20.3 Å². The second kappa shape index (κ2) is 74.1. The molecule has 0 aromatic rings. The van der Waals surface area contributed by atoms with Crippen LogP contribution in [0.25, 0.3) is 0 Å². The van der Waals surface area contributed by atoms with Crippen LogP contribution in [0.4, 0.5) is 0 Å². The van der Waals surface area contributed by atoms with E-state index in [2.05, 4.69) is 31.3 Å². The monoisotopic (exact) mass is 1180 g/mol. The number of carbonyl (C=O) groups excluding carboxylic acids is 2. The summed E-state index contributed by atoms with van der Waals surface area (Å²) in [7, 11) is 0. The van der Waals surface area contributed by atoms with Crippen molar-refractivity contribution in [1.29, 1.82) is 0 Å². The summed E-state index contributed by atoms with van der Waals surface area (Å²) in [5.41, 5.74) is 0. The fourth-order valence-corrected chi connectivity index (χ4v) is 12.6. The summed E-state index contributed by atoms with van der Waals surface area (Å²) in [6.45, 7) is 5.01. The van der Waals surface area contributed by atoms with Crippen molar-refractivity contribution in [3.63, 3.8) is 0 Å². The predicted molar refractivity (Wildman–Crippen MR) is 370 cm³/mol. The summed E-state index contributed by atoms with van der Waals surface area (Å²) in [5.74, 6) is -0.00342. The zero-order chi connectivity index (χ0) is 60.6. The fourth-order valence-electron chi connectivity index (χ4n) is 12.6. The van der Waals surface area contributed by atoms with E-state index in [-0.39, 0.29) is 18.5 Å². The van der Waals surface area contributed by atoms with E-state index in [0.29, 0.717) is 25.9 Å². The van der Waals surface area contributed by atoms with Crippen LogP contribution in [0, 0.1) is 0 Å². The Labute approximate surface area is 527 Å². The first-order valence-electron chi connectivity index (χ1n) is 38.9. The molecular weight excluding hydrogens is 1030 g/mol. The molecule has 0 aliphatic carbocycles. The first-order valence-corrected chi connectivity index (χ1v) is 38.9. The average molecular weight is 1190 g/mol. The van der Waals surface area contributed by atoms with E-state index >= 15 is 0 Å². The Balaban J connectivity index is 3.33. The van der Waals surface area contributed by atoms with Gasteiger partial charge >= 0.3 is 5.97 Å². The van der Waals surface area contributed by atoms with Crippen molar-refractivity contribution in [2.45, 2.75) is 463 Å². The van der Waals surface area contributed by atoms with Crippen LogP contribution in [-0.2, 0) is 14.3 Å². The SMILES string of the molecule is CCCCCCCCCCCCCCCCCCCCCC(O)C(CO)NC(=O)CCCCCCCCCCCCCCCCCCC/C=C\CCCCCCCCCCCCCCCCOC(=O)CCCCCCCCCCCCCCC. The van der Waals surface area contributed by atoms with Crippen molar-refractivity contribution in [1.82, 2.24) is 5.32 Å². The number of allylic oxidation sites excluding steroid dienone is 2. The lowest BCUT2D eigenvalue weighted by Crippen LogP contribution is -2.45. The molecule has 2 atom stereocenters. The smallest absolute Gasteiger partial charge is 0.305 e. The van der Waals surface area contributed by atoms with Crippen molar-refractivity contribution in [3.05, 3.63) is 12.2 Å². The molecule has 2 unspecified atom stereocenters. The number of aliphatic hydroxyl groups is 2. The number of hydrogen-bond acceptors (Lipinski definition) is 5. The van der Waals surface area contributed by atoms with E-state index in [9.17, 15) is 19.8 Å². The molecule has 0 aliphatic rings. The molecule has 0 aliphatic heterocycles. The summed E-state index contributed by atoms with van der Waals surface area (Å²) in [4.78, 5) is 24.6. The number of unbranched alkanes of at least 4 members (excludes halogenated alkanes) is 61. The topological polar surface area (TPSA) is 95.9 Å². The average Bonchev–Trinajstić information content (AvgIpc) is 3.53. The van der Waals surface area contributed by atoms with Gasteiger partial charge in [-0.3, -0.25) is 9.59 Å². The summed E-state index contributed by atoms with van der Waals surface area (Å²) < 4.78 is 5.49. The van der Waals surface area contributed by atoms with Gasteiger partial charge in [-0.2, -0.15) is 0 Å². The Kier molecular flexibility index (Phi) is 72.8. The minimum absolute atomic E-state index is 0.0228. The first kappa shape index (κ1) is 82.6. The fraction of sp³-hybridized carbons (Fsp3) is 0.949. The lowest BCUT2D eigenvalue weighted by atomic mass is 10.0. The molecule has 0 saturated heterocycles. The van der Waals surface area contributed by atoms with Crippen LogP contribution in [0.15, 0.2) is 12.2 Å². The molecule has 6 heteroatoms. The molecule has 3 N–H and O–H groups in total. The third-order valence-electron chi connectivity index (χ3n) is 18.6. The highest BCUT2D eigenvalue weighted by molar-refractivity contribution is 5.76. The zero-order valence-corrected chi connectivity index (χ0v) is 57.4. The molecule has 0 radical (unpaired) electrons. The van der Waals surface area contributed by atoms with Crippen molar-refractivity contribution < 1.29 is 24.5 Å². The molecule has 0 aromatic heterocycles. The maximum atomic E-state index is 12.6. The van der Waals surface area contributed by atoms with Crippen LogP contribution >= 0.6 is 0 Å². The quantitative estimate of drug-likeness (QED) is 0.0320. The normalized spacial score (nSPS) is 12.5. The Bertz CT molecular complexity index is 1270. The third kappa shape index (κ3) is 69.7. The van der Waals surface area contributed by atoms with E-state index in [1.807, 2.05) is 0 Å². The van der Waals surface area contributed by atoms with Crippen LogP contribution in [0.5, 0.6) is 0 Å². The molecule has 84 heavy (non-hydrogen) atoms. The molecule has 0 heterocycles.